The third-order valence-corrected chi connectivity index (χ3v) is 5.10. The lowest BCUT2D eigenvalue weighted by molar-refractivity contribution is -0.136. The fourth-order valence-electron chi connectivity index (χ4n) is 3.73. The summed E-state index contributed by atoms with van der Waals surface area (Å²) in [4.78, 5) is 14.5. The number of aryl methyl sites for hydroxylation is 2. The second-order valence-corrected chi connectivity index (χ2v) is 7.41. The number of nitrogens with zero attached hydrogens (tertiary/aromatic N) is 4. The van der Waals surface area contributed by atoms with Gasteiger partial charge < -0.3 is 25.8 Å². The molecule has 0 bridgehead atoms. The molecule has 1 aromatic heterocycles. The molecule has 2 aliphatic rings. The van der Waals surface area contributed by atoms with Crippen molar-refractivity contribution in [3.63, 3.8) is 0 Å². The number of hydrogen-bond acceptors (Lipinski definition) is 9. The first-order valence-electron chi connectivity index (χ1n) is 9.36. The normalized spacial score (nSPS) is 28.8. The highest BCUT2D eigenvalue weighted by Crippen LogP contribution is 2.37. The van der Waals surface area contributed by atoms with Gasteiger partial charge in [0.1, 0.15) is 37.0 Å². The Bertz CT molecular complexity index is 896. The first-order chi connectivity index (χ1) is 13.9. The maximum Gasteiger partial charge on any atom is 0.165 e. The fourth-order valence-corrected chi connectivity index (χ4v) is 3.73. The van der Waals surface area contributed by atoms with E-state index in [-0.39, 0.29) is 0 Å². The maximum absolute atomic E-state index is 10.3. The highest BCUT2D eigenvalue weighted by Gasteiger charge is 2.44. The molecular formula is C19H25N5O5. The van der Waals surface area contributed by atoms with Gasteiger partial charge in [0.15, 0.2) is 18.2 Å². The number of nitrogens with two attached hydrogens (primary N) is 1. The molecule has 2 aliphatic heterocycles. The molecule has 3 unspecified atom stereocenters. The minimum Gasteiger partial charge on any atom is -0.394 e. The molecule has 2 aromatic rings. The number of aliphatic hydroxyl groups excluding tert-OH is 3. The average molecular weight is 403 g/mol. The Kier molecular flexibility index (Phi) is 5.38. The topological polar surface area (TPSA) is 139 Å². The maximum atomic E-state index is 10.3. The molecule has 29 heavy (non-hydrogen) atoms. The summed E-state index contributed by atoms with van der Waals surface area (Å²) < 4.78 is 7.05. The standard InChI is InChI=1S/C19H25N5O5/c1-10-3-11(2)5-12(4-10)7-28-24-9-22-18-14(17(24)20)21-8-23(18)19-16(27)15(26)13(6-25)29-19/h3-5,8-9,13,15-17,19,25-27H,6-7,20H2,1-2H3/t13-,15?,16?,17?,19-/m1/s1. The first kappa shape index (κ1) is 20.0. The van der Waals surface area contributed by atoms with Crippen LogP contribution in [0.4, 0.5) is 5.82 Å². The van der Waals surface area contributed by atoms with Gasteiger partial charge in [-0.2, -0.15) is 0 Å². The molecule has 0 amide bonds. The van der Waals surface area contributed by atoms with Crippen LogP contribution in [-0.2, 0) is 16.2 Å². The van der Waals surface area contributed by atoms with E-state index in [2.05, 4.69) is 16.0 Å². The summed E-state index contributed by atoms with van der Waals surface area (Å²) in [5, 5.41) is 30.9. The Morgan fingerprint density at radius 2 is 1.90 bits per heavy atom. The molecule has 0 saturated carbocycles. The monoisotopic (exact) mass is 403 g/mol. The van der Waals surface area contributed by atoms with Crippen LogP contribution in [0.2, 0.25) is 0 Å². The average Bonchev–Trinajstić information content (AvgIpc) is 3.22. The Morgan fingerprint density at radius 1 is 1.17 bits per heavy atom. The molecule has 1 saturated heterocycles. The van der Waals surface area contributed by atoms with Crippen molar-refractivity contribution in [3.8, 4) is 0 Å². The molecule has 0 spiro atoms. The largest absolute Gasteiger partial charge is 0.394 e. The second kappa shape index (κ2) is 7.82. The van der Waals surface area contributed by atoms with E-state index in [1.54, 1.807) is 0 Å². The third-order valence-electron chi connectivity index (χ3n) is 5.10. The number of hydrogen-bond donors (Lipinski definition) is 4. The number of ether oxygens (including phenoxy) is 1. The highest BCUT2D eigenvalue weighted by molar-refractivity contribution is 5.64. The van der Waals surface area contributed by atoms with Gasteiger partial charge in [-0.3, -0.25) is 9.40 Å². The van der Waals surface area contributed by atoms with E-state index in [1.165, 1.54) is 22.3 Å². The van der Waals surface area contributed by atoms with Crippen molar-refractivity contribution in [2.24, 2.45) is 10.7 Å². The molecular weight excluding hydrogens is 378 g/mol. The molecule has 1 fully saturated rings. The van der Waals surface area contributed by atoms with Gasteiger partial charge in [0.05, 0.1) is 12.9 Å². The van der Waals surface area contributed by atoms with Gasteiger partial charge in [-0.25, -0.2) is 15.0 Å². The van der Waals surface area contributed by atoms with Crippen LogP contribution in [-0.4, -0.2) is 61.2 Å². The fraction of sp³-hybridized carbons (Fsp3) is 0.474. The van der Waals surface area contributed by atoms with Crippen molar-refractivity contribution in [3.05, 3.63) is 46.9 Å². The SMILES string of the molecule is Cc1cc(C)cc(CON2C=Nc3c(ncn3[C@@H]3O[C@H](CO)C(O)C3O)C2N)c1. The lowest BCUT2D eigenvalue weighted by Crippen LogP contribution is -2.36. The number of fused-ring (bicyclic) bond motifs is 1. The summed E-state index contributed by atoms with van der Waals surface area (Å²) in [6, 6.07) is 6.18. The van der Waals surface area contributed by atoms with E-state index >= 15 is 0 Å². The Hall–Kier alpha value is -2.34. The first-order valence-corrected chi connectivity index (χ1v) is 9.36. The van der Waals surface area contributed by atoms with Crippen molar-refractivity contribution < 1.29 is 24.9 Å². The lowest BCUT2D eigenvalue weighted by Gasteiger charge is -2.28. The van der Waals surface area contributed by atoms with E-state index in [0.29, 0.717) is 18.1 Å². The zero-order valence-corrected chi connectivity index (χ0v) is 16.2. The zero-order chi connectivity index (χ0) is 20.7. The second-order valence-electron chi connectivity index (χ2n) is 7.41. The van der Waals surface area contributed by atoms with E-state index in [4.69, 9.17) is 15.3 Å². The smallest absolute Gasteiger partial charge is 0.165 e. The van der Waals surface area contributed by atoms with Crippen LogP contribution in [0.15, 0.2) is 29.5 Å². The van der Waals surface area contributed by atoms with E-state index in [9.17, 15) is 15.3 Å². The van der Waals surface area contributed by atoms with Gasteiger partial charge in [0.2, 0.25) is 0 Å². The van der Waals surface area contributed by atoms with Crippen molar-refractivity contribution in [2.75, 3.05) is 6.61 Å². The van der Waals surface area contributed by atoms with E-state index in [0.717, 1.165) is 16.7 Å². The van der Waals surface area contributed by atoms with Crippen molar-refractivity contribution in [1.82, 2.24) is 14.6 Å². The third kappa shape index (κ3) is 3.66. The molecule has 156 valence electrons. The van der Waals surface area contributed by atoms with Crippen LogP contribution >= 0.6 is 0 Å². The molecule has 10 nitrogen and oxygen atoms in total. The Labute approximate surface area is 167 Å². The number of benzene rings is 1. The van der Waals surface area contributed by atoms with Gasteiger partial charge in [0, 0.05) is 0 Å². The number of aromatic nitrogens is 2. The highest BCUT2D eigenvalue weighted by atomic mass is 16.7. The predicted molar refractivity (Wildman–Crippen MR) is 103 cm³/mol. The number of aliphatic imine (C=N–C) groups is 1. The Morgan fingerprint density at radius 3 is 2.55 bits per heavy atom. The summed E-state index contributed by atoms with van der Waals surface area (Å²) in [6.07, 6.45) is -2.05. The quantitative estimate of drug-likeness (QED) is 0.554. The van der Waals surface area contributed by atoms with Crippen LogP contribution in [0, 0.1) is 13.8 Å². The van der Waals surface area contributed by atoms with Crippen LogP contribution < -0.4 is 5.73 Å². The molecule has 4 rings (SSSR count). The molecule has 3 heterocycles. The summed E-state index contributed by atoms with van der Waals surface area (Å²) in [6.45, 7) is 3.98. The summed E-state index contributed by atoms with van der Waals surface area (Å²) in [5.74, 6) is 0.401. The molecule has 0 radical (unpaired) electrons. The van der Waals surface area contributed by atoms with Crippen LogP contribution in [0.5, 0.6) is 0 Å². The van der Waals surface area contributed by atoms with E-state index in [1.807, 2.05) is 26.0 Å². The minimum absolute atomic E-state index is 0.326. The lowest BCUT2D eigenvalue weighted by atomic mass is 10.1. The van der Waals surface area contributed by atoms with Crippen molar-refractivity contribution >= 4 is 12.2 Å². The molecule has 5 N–H and O–H groups in total. The van der Waals surface area contributed by atoms with Gasteiger partial charge in [-0.05, 0) is 19.4 Å². The summed E-state index contributed by atoms with van der Waals surface area (Å²) in [7, 11) is 0. The molecule has 10 heteroatoms. The summed E-state index contributed by atoms with van der Waals surface area (Å²) >= 11 is 0. The van der Waals surface area contributed by atoms with Gasteiger partial charge in [0.25, 0.3) is 0 Å². The number of aliphatic hydroxyl groups is 3. The molecule has 1 aromatic carbocycles. The van der Waals surface area contributed by atoms with Gasteiger partial charge in [-0.1, -0.05) is 29.3 Å². The van der Waals surface area contributed by atoms with Crippen molar-refractivity contribution in [1.29, 1.82) is 0 Å². The van der Waals surface area contributed by atoms with Gasteiger partial charge in [-0.15, -0.1) is 0 Å². The number of rotatable bonds is 5. The van der Waals surface area contributed by atoms with Gasteiger partial charge >= 0.3 is 0 Å². The predicted octanol–water partition coefficient (Wildman–Crippen LogP) is 0.176. The molecule has 0 aliphatic carbocycles. The number of imidazole rings is 1. The Balaban J connectivity index is 1.50. The van der Waals surface area contributed by atoms with Crippen LogP contribution in [0.1, 0.15) is 34.8 Å². The minimum atomic E-state index is -1.23. The zero-order valence-electron chi connectivity index (χ0n) is 16.2. The van der Waals surface area contributed by atoms with Crippen LogP contribution in [0.25, 0.3) is 0 Å². The van der Waals surface area contributed by atoms with Crippen molar-refractivity contribution in [2.45, 2.75) is 51.2 Å². The van der Waals surface area contributed by atoms with Crippen LogP contribution in [0.3, 0.4) is 0 Å². The molecule has 5 atom stereocenters. The number of hydroxylamine groups is 2. The van der Waals surface area contributed by atoms with E-state index < -0.39 is 37.3 Å². The summed E-state index contributed by atoms with van der Waals surface area (Å²) in [5.41, 5.74) is 10.1.